The molecule has 0 bridgehead atoms. The number of amidine groups is 1. The lowest BCUT2D eigenvalue weighted by Gasteiger charge is -2.27. The summed E-state index contributed by atoms with van der Waals surface area (Å²) in [6.45, 7) is 1.91. The highest BCUT2D eigenvalue weighted by Crippen LogP contribution is 2.29. The van der Waals surface area contributed by atoms with E-state index in [1.54, 1.807) is 36.5 Å². The minimum absolute atomic E-state index is 0.262. The summed E-state index contributed by atoms with van der Waals surface area (Å²) >= 11 is 3.42. The number of rotatable bonds is 4. The number of nitrogens with one attached hydrogen (secondary N) is 1. The largest absolute Gasteiger partial charge is 0.320 e. The van der Waals surface area contributed by atoms with Gasteiger partial charge in [-0.3, -0.25) is 14.5 Å². The fourth-order valence-electron chi connectivity index (χ4n) is 3.28. The summed E-state index contributed by atoms with van der Waals surface area (Å²) in [4.78, 5) is 32.4. The van der Waals surface area contributed by atoms with Crippen LogP contribution in [0.25, 0.3) is 0 Å². The maximum atomic E-state index is 13.4. The van der Waals surface area contributed by atoms with Crippen molar-refractivity contribution in [1.82, 2.24) is 10.2 Å². The van der Waals surface area contributed by atoms with Gasteiger partial charge in [0.2, 0.25) is 5.66 Å². The molecule has 2 amide bonds. The van der Waals surface area contributed by atoms with Crippen molar-refractivity contribution in [2.24, 2.45) is 4.99 Å². The number of amides is 2. The van der Waals surface area contributed by atoms with Gasteiger partial charge >= 0.3 is 0 Å². The predicted octanol–water partition coefficient (Wildman–Crippen LogP) is 3.83. The zero-order chi connectivity index (χ0) is 19.7. The van der Waals surface area contributed by atoms with Crippen LogP contribution in [0.2, 0.25) is 0 Å². The van der Waals surface area contributed by atoms with Gasteiger partial charge in [0.05, 0.1) is 0 Å². The molecule has 2 aromatic rings. The average molecular weight is 436 g/mol. The van der Waals surface area contributed by atoms with Crippen molar-refractivity contribution in [3.63, 3.8) is 0 Å². The van der Waals surface area contributed by atoms with E-state index in [-0.39, 0.29) is 18.2 Å². The quantitative estimate of drug-likeness (QED) is 0.792. The van der Waals surface area contributed by atoms with Crippen molar-refractivity contribution in [2.45, 2.75) is 19.0 Å². The number of nitrogens with zero attached hydrogens (tertiary/aromatic N) is 2. The van der Waals surface area contributed by atoms with E-state index in [4.69, 9.17) is 0 Å². The van der Waals surface area contributed by atoms with Crippen molar-refractivity contribution < 1.29 is 9.59 Å². The maximum Gasteiger partial charge on any atom is 0.281 e. The molecule has 5 nitrogen and oxygen atoms in total. The number of fused-ring (bicyclic) bond motifs is 1. The molecular formula is C22H18BrN3O2. The molecule has 0 spiro atoms. The molecule has 0 aromatic heterocycles. The Balaban J connectivity index is 1.72. The van der Waals surface area contributed by atoms with Gasteiger partial charge in [0.15, 0.2) is 0 Å². The first kappa shape index (κ1) is 18.4. The van der Waals surface area contributed by atoms with Gasteiger partial charge in [-0.1, -0.05) is 52.3 Å². The molecule has 1 N–H and O–H groups in total. The summed E-state index contributed by atoms with van der Waals surface area (Å²) in [5.41, 5.74) is 0.944. The lowest BCUT2D eigenvalue weighted by Crippen LogP contribution is -2.55. The van der Waals surface area contributed by atoms with Gasteiger partial charge in [-0.2, -0.15) is 0 Å². The van der Waals surface area contributed by atoms with Crippen LogP contribution in [0.15, 0.2) is 88.0 Å². The fourth-order valence-corrected chi connectivity index (χ4v) is 3.55. The Bertz CT molecular complexity index is 1030. The van der Waals surface area contributed by atoms with E-state index >= 15 is 0 Å². The molecule has 1 atom stereocenters. The normalized spacial score (nSPS) is 20.5. The molecule has 0 saturated heterocycles. The molecule has 0 radical (unpaired) electrons. The number of aliphatic imine (C=N–C) groups is 1. The van der Waals surface area contributed by atoms with Crippen LogP contribution in [0, 0.1) is 0 Å². The number of allylic oxidation sites excluding steroid dienone is 2. The van der Waals surface area contributed by atoms with E-state index in [1.165, 1.54) is 4.90 Å². The maximum absolute atomic E-state index is 13.4. The van der Waals surface area contributed by atoms with Crippen LogP contribution in [-0.2, 0) is 11.2 Å². The average Bonchev–Trinajstić information content (AvgIpc) is 2.96. The minimum Gasteiger partial charge on any atom is -0.320 e. The van der Waals surface area contributed by atoms with Gasteiger partial charge in [-0.25, -0.2) is 4.99 Å². The molecule has 28 heavy (non-hydrogen) atoms. The summed E-state index contributed by atoms with van der Waals surface area (Å²) in [5.74, 6) is -0.0700. The SMILES string of the molecule is CC1=CN2C(=O)[C@](Cc3ccc(Br)cc3)(NC(=O)c3ccccc3)N=C2C=C1. The van der Waals surface area contributed by atoms with Crippen LogP contribution in [0.3, 0.4) is 0 Å². The van der Waals surface area contributed by atoms with E-state index in [1.807, 2.05) is 43.3 Å². The van der Waals surface area contributed by atoms with Gasteiger partial charge in [-0.05, 0) is 48.4 Å². The molecule has 6 heteroatoms. The number of benzene rings is 2. The molecule has 0 unspecified atom stereocenters. The van der Waals surface area contributed by atoms with E-state index in [2.05, 4.69) is 26.2 Å². The second-order valence-electron chi connectivity index (χ2n) is 6.84. The van der Waals surface area contributed by atoms with Gasteiger partial charge < -0.3 is 5.32 Å². The van der Waals surface area contributed by atoms with Crippen molar-refractivity contribution in [1.29, 1.82) is 0 Å². The lowest BCUT2D eigenvalue weighted by atomic mass is 9.98. The van der Waals surface area contributed by atoms with E-state index in [0.717, 1.165) is 15.6 Å². The fraction of sp³-hybridized carbons (Fsp3) is 0.136. The molecule has 0 aliphatic carbocycles. The smallest absolute Gasteiger partial charge is 0.281 e. The Morgan fingerprint density at radius 2 is 1.82 bits per heavy atom. The Morgan fingerprint density at radius 1 is 1.11 bits per heavy atom. The van der Waals surface area contributed by atoms with Gasteiger partial charge in [0.1, 0.15) is 5.84 Å². The summed E-state index contributed by atoms with van der Waals surface area (Å²) in [6, 6.07) is 16.5. The Kier molecular flexibility index (Phi) is 4.73. The van der Waals surface area contributed by atoms with Crippen molar-refractivity contribution in [3.05, 3.63) is 94.1 Å². The molecule has 2 heterocycles. The second-order valence-corrected chi connectivity index (χ2v) is 7.75. The first-order valence-electron chi connectivity index (χ1n) is 8.89. The first-order valence-corrected chi connectivity index (χ1v) is 9.68. The molecule has 2 aromatic carbocycles. The first-order chi connectivity index (χ1) is 13.5. The molecular weight excluding hydrogens is 418 g/mol. The van der Waals surface area contributed by atoms with Crippen LogP contribution in [0.1, 0.15) is 22.8 Å². The summed E-state index contributed by atoms with van der Waals surface area (Å²) in [6.07, 6.45) is 5.71. The molecule has 0 saturated carbocycles. The van der Waals surface area contributed by atoms with Gasteiger partial charge in [0, 0.05) is 22.7 Å². The van der Waals surface area contributed by atoms with Crippen LogP contribution in [0.5, 0.6) is 0 Å². The van der Waals surface area contributed by atoms with Gasteiger partial charge in [-0.15, -0.1) is 0 Å². The number of carbonyl (C=O) groups excluding carboxylic acids is 2. The van der Waals surface area contributed by atoms with Crippen LogP contribution in [-0.4, -0.2) is 28.2 Å². The number of carbonyl (C=O) groups is 2. The Morgan fingerprint density at radius 3 is 2.54 bits per heavy atom. The van der Waals surface area contributed by atoms with Crippen LogP contribution in [0.4, 0.5) is 0 Å². The molecule has 4 rings (SSSR count). The van der Waals surface area contributed by atoms with Crippen molar-refractivity contribution in [3.8, 4) is 0 Å². The molecule has 140 valence electrons. The van der Waals surface area contributed by atoms with E-state index in [0.29, 0.717) is 11.4 Å². The minimum atomic E-state index is -1.39. The zero-order valence-electron chi connectivity index (χ0n) is 15.2. The summed E-state index contributed by atoms with van der Waals surface area (Å²) in [5, 5.41) is 2.90. The topological polar surface area (TPSA) is 61.8 Å². The summed E-state index contributed by atoms with van der Waals surface area (Å²) < 4.78 is 0.946. The van der Waals surface area contributed by atoms with Crippen molar-refractivity contribution >= 4 is 33.6 Å². The molecule has 0 fully saturated rings. The predicted molar refractivity (Wildman–Crippen MR) is 112 cm³/mol. The van der Waals surface area contributed by atoms with Gasteiger partial charge in [0.25, 0.3) is 11.8 Å². The molecule has 2 aliphatic rings. The zero-order valence-corrected chi connectivity index (χ0v) is 16.8. The third-order valence-corrected chi connectivity index (χ3v) is 5.21. The second kappa shape index (κ2) is 7.20. The third kappa shape index (κ3) is 3.43. The number of halogens is 1. The van der Waals surface area contributed by atoms with Crippen LogP contribution < -0.4 is 5.32 Å². The highest BCUT2D eigenvalue weighted by atomic mass is 79.9. The van der Waals surface area contributed by atoms with E-state index in [9.17, 15) is 9.59 Å². The Hall–Kier alpha value is -2.99. The van der Waals surface area contributed by atoms with E-state index < -0.39 is 5.66 Å². The Labute approximate surface area is 171 Å². The summed E-state index contributed by atoms with van der Waals surface area (Å²) in [7, 11) is 0. The lowest BCUT2D eigenvalue weighted by molar-refractivity contribution is -0.130. The highest BCUT2D eigenvalue weighted by Gasteiger charge is 2.49. The third-order valence-electron chi connectivity index (χ3n) is 4.68. The monoisotopic (exact) mass is 435 g/mol. The van der Waals surface area contributed by atoms with Crippen molar-refractivity contribution in [2.75, 3.05) is 0 Å². The number of hydrogen-bond donors (Lipinski definition) is 1. The number of hydrogen-bond acceptors (Lipinski definition) is 3. The highest BCUT2D eigenvalue weighted by molar-refractivity contribution is 9.10. The standard InChI is InChI=1S/C22H18BrN3O2/c1-15-7-12-19-24-22(21(28)26(19)14-15,13-16-8-10-18(23)11-9-16)25-20(27)17-5-3-2-4-6-17/h2-12,14H,13H2,1H3,(H,25,27)/t22-/m0/s1. The molecule has 2 aliphatic heterocycles. The van der Waals surface area contributed by atoms with Crippen LogP contribution >= 0.6 is 15.9 Å².